The van der Waals surface area contributed by atoms with E-state index in [1.54, 1.807) is 25.4 Å². The topological polar surface area (TPSA) is 109 Å². The normalized spacial score (nSPS) is 14.9. The summed E-state index contributed by atoms with van der Waals surface area (Å²) in [4.78, 5) is 41.0. The molecule has 3 heterocycles. The zero-order valence-corrected chi connectivity index (χ0v) is 15.8. The molecule has 1 aliphatic rings. The van der Waals surface area contributed by atoms with E-state index in [2.05, 4.69) is 25.7 Å². The summed E-state index contributed by atoms with van der Waals surface area (Å²) in [5.41, 5.74) is 0.853. The number of alkyl carbamates (subject to hydrolysis) is 1. The Balaban J connectivity index is 1.70. The molecule has 0 fully saturated rings. The number of pyridine rings is 1. The minimum atomic E-state index is -0.868. The van der Waals surface area contributed by atoms with Crippen LogP contribution in [0.15, 0.2) is 29.4 Å². The first kappa shape index (κ1) is 18.5. The molecule has 1 atom stereocenters. The van der Waals surface area contributed by atoms with E-state index in [-0.39, 0.29) is 23.1 Å². The van der Waals surface area contributed by atoms with Crippen LogP contribution in [-0.2, 0) is 9.53 Å². The van der Waals surface area contributed by atoms with E-state index in [9.17, 15) is 14.4 Å². The molecule has 3 rings (SSSR count). The Morgan fingerprint density at radius 3 is 2.96 bits per heavy atom. The van der Waals surface area contributed by atoms with Gasteiger partial charge in [-0.05, 0) is 19.1 Å². The van der Waals surface area contributed by atoms with Crippen molar-refractivity contribution in [3.63, 3.8) is 0 Å². The van der Waals surface area contributed by atoms with Gasteiger partial charge in [0.1, 0.15) is 5.00 Å². The summed E-state index contributed by atoms with van der Waals surface area (Å²) in [5, 5.41) is 7.47. The summed E-state index contributed by atoms with van der Waals surface area (Å²) in [6, 6.07) is 3.19. The number of thiophene rings is 1. The smallest absolute Gasteiger partial charge is 0.414 e. The number of rotatable bonds is 4. The van der Waals surface area contributed by atoms with Crippen molar-refractivity contribution in [3.8, 4) is 0 Å². The lowest BCUT2D eigenvalue weighted by Gasteiger charge is -2.11. The van der Waals surface area contributed by atoms with Gasteiger partial charge in [0, 0.05) is 11.1 Å². The highest BCUT2D eigenvalue weighted by atomic mass is 35.5. The Bertz CT molecular complexity index is 848. The molecule has 3 amide bonds. The van der Waals surface area contributed by atoms with Gasteiger partial charge in [-0.3, -0.25) is 19.9 Å². The van der Waals surface area contributed by atoms with Crippen molar-refractivity contribution in [2.24, 2.45) is 0 Å². The predicted octanol–water partition coefficient (Wildman–Crippen LogP) is 3.17. The van der Waals surface area contributed by atoms with E-state index in [1.165, 1.54) is 17.8 Å². The molecule has 26 heavy (non-hydrogen) atoms. The molecule has 2 aromatic rings. The summed E-state index contributed by atoms with van der Waals surface area (Å²) < 4.78 is 4.97. The second kappa shape index (κ2) is 7.94. The highest BCUT2D eigenvalue weighted by Gasteiger charge is 2.29. The van der Waals surface area contributed by atoms with E-state index in [1.807, 2.05) is 0 Å². The molecule has 3 N–H and O–H groups in total. The molecule has 1 aliphatic heterocycles. The number of nitrogens with zero attached hydrogens (tertiary/aromatic N) is 1. The number of hydrogen-bond acceptors (Lipinski definition) is 8. The van der Waals surface area contributed by atoms with Crippen LogP contribution in [0.4, 0.5) is 15.5 Å². The first-order chi connectivity index (χ1) is 12.5. The average Bonchev–Trinajstić information content (AvgIpc) is 3.18. The summed E-state index contributed by atoms with van der Waals surface area (Å²) in [6.45, 7) is 1.75. The van der Waals surface area contributed by atoms with Crippen molar-refractivity contribution in [3.05, 3.63) is 34.4 Å². The summed E-state index contributed by atoms with van der Waals surface area (Å²) >= 11 is 8.33. The van der Waals surface area contributed by atoms with Gasteiger partial charge in [0.05, 0.1) is 28.4 Å². The molecule has 136 valence electrons. The number of hydrogen-bond donors (Lipinski definition) is 3. The van der Waals surface area contributed by atoms with Gasteiger partial charge in [-0.2, -0.15) is 0 Å². The third-order valence-electron chi connectivity index (χ3n) is 3.23. The Kier molecular flexibility index (Phi) is 5.64. The van der Waals surface area contributed by atoms with Crippen LogP contribution < -0.4 is 16.0 Å². The van der Waals surface area contributed by atoms with Crippen LogP contribution in [0.3, 0.4) is 0 Å². The van der Waals surface area contributed by atoms with E-state index >= 15 is 0 Å². The molecular formula is C15H13ClN4O4S2. The van der Waals surface area contributed by atoms with Gasteiger partial charge in [-0.1, -0.05) is 23.4 Å². The lowest BCUT2D eigenvalue weighted by Crippen LogP contribution is -2.32. The van der Waals surface area contributed by atoms with Crippen molar-refractivity contribution in [1.82, 2.24) is 10.3 Å². The number of aromatic nitrogens is 1. The molecule has 0 bridgehead atoms. The van der Waals surface area contributed by atoms with Crippen LogP contribution in [0.5, 0.6) is 0 Å². The number of ether oxygens (including phenoxy) is 1. The SMILES string of the molecule is CCOC(=O)NC(=O)c1cc(Cl)sc1NC(=O)C1Nc2cnccc2S1. The standard InChI is InChI=1S/C15H13ClN4O4S2/c1-2-24-15(23)20-11(21)7-5-10(16)26-13(7)19-12(22)14-18-8-6-17-4-3-9(8)25-14/h3-6,14,18H,2H2,1H3,(H,19,22)(H,20,21,23). The number of amides is 3. The van der Waals surface area contributed by atoms with Crippen LogP contribution in [0.1, 0.15) is 17.3 Å². The van der Waals surface area contributed by atoms with Gasteiger partial charge >= 0.3 is 6.09 Å². The Morgan fingerprint density at radius 2 is 2.23 bits per heavy atom. The number of nitrogens with one attached hydrogen (secondary N) is 3. The fourth-order valence-corrected chi connectivity index (χ4v) is 4.25. The van der Waals surface area contributed by atoms with Crippen molar-refractivity contribution < 1.29 is 19.1 Å². The molecule has 8 nitrogen and oxygen atoms in total. The maximum atomic E-state index is 12.5. The molecule has 11 heteroatoms. The van der Waals surface area contributed by atoms with Gasteiger partial charge in [-0.25, -0.2) is 4.79 Å². The molecular weight excluding hydrogens is 400 g/mol. The average molecular weight is 413 g/mol. The fraction of sp³-hybridized carbons (Fsp3) is 0.200. The molecule has 0 radical (unpaired) electrons. The van der Waals surface area contributed by atoms with Gasteiger partial charge in [0.15, 0.2) is 5.37 Å². The van der Waals surface area contributed by atoms with Crippen molar-refractivity contribution in [2.45, 2.75) is 17.2 Å². The summed E-state index contributed by atoms with van der Waals surface area (Å²) in [6.07, 6.45) is 2.41. The zero-order chi connectivity index (χ0) is 18.7. The van der Waals surface area contributed by atoms with Gasteiger partial charge in [-0.15, -0.1) is 11.3 Å². The zero-order valence-electron chi connectivity index (χ0n) is 13.4. The maximum absolute atomic E-state index is 12.5. The van der Waals surface area contributed by atoms with Crippen LogP contribution >= 0.6 is 34.7 Å². The number of imide groups is 1. The lowest BCUT2D eigenvalue weighted by atomic mass is 10.3. The third kappa shape index (κ3) is 4.09. The largest absolute Gasteiger partial charge is 0.450 e. The first-order valence-corrected chi connectivity index (χ1v) is 9.51. The number of fused-ring (bicyclic) bond motifs is 1. The minimum absolute atomic E-state index is 0.0866. The molecule has 2 aromatic heterocycles. The Hall–Kier alpha value is -2.30. The highest BCUT2D eigenvalue weighted by molar-refractivity contribution is 8.01. The van der Waals surface area contributed by atoms with Crippen LogP contribution in [-0.4, -0.2) is 34.9 Å². The van der Waals surface area contributed by atoms with Crippen LogP contribution in [0, 0.1) is 0 Å². The molecule has 0 saturated heterocycles. The van der Waals surface area contributed by atoms with Gasteiger partial charge < -0.3 is 15.4 Å². The second-order valence-corrected chi connectivity index (χ2v) is 7.80. The minimum Gasteiger partial charge on any atom is -0.450 e. The Morgan fingerprint density at radius 1 is 1.42 bits per heavy atom. The molecule has 0 aromatic carbocycles. The lowest BCUT2D eigenvalue weighted by molar-refractivity contribution is -0.115. The predicted molar refractivity (Wildman–Crippen MR) is 100.0 cm³/mol. The number of thioether (sulfide) groups is 1. The summed E-state index contributed by atoms with van der Waals surface area (Å²) in [5.74, 6) is -1.06. The van der Waals surface area contributed by atoms with Crippen LogP contribution in [0.25, 0.3) is 0 Å². The first-order valence-electron chi connectivity index (χ1n) is 7.43. The van der Waals surface area contributed by atoms with E-state index in [4.69, 9.17) is 11.6 Å². The number of carbonyl (C=O) groups is 3. The van der Waals surface area contributed by atoms with Crippen molar-refractivity contribution >= 4 is 63.3 Å². The van der Waals surface area contributed by atoms with E-state index < -0.39 is 17.4 Å². The van der Waals surface area contributed by atoms with Crippen molar-refractivity contribution in [2.75, 3.05) is 17.2 Å². The number of carbonyl (C=O) groups excluding carboxylic acids is 3. The summed E-state index contributed by atoms with van der Waals surface area (Å²) in [7, 11) is 0. The molecule has 1 unspecified atom stereocenters. The molecule has 0 spiro atoms. The third-order valence-corrected chi connectivity index (χ3v) is 5.58. The fourth-order valence-electron chi connectivity index (χ4n) is 2.14. The quantitative estimate of drug-likeness (QED) is 0.707. The monoisotopic (exact) mass is 412 g/mol. The van der Waals surface area contributed by atoms with Crippen LogP contribution in [0.2, 0.25) is 4.34 Å². The number of anilines is 2. The molecule has 0 aliphatic carbocycles. The number of halogens is 1. The van der Waals surface area contributed by atoms with E-state index in [0.717, 1.165) is 21.9 Å². The van der Waals surface area contributed by atoms with Gasteiger partial charge in [0.25, 0.3) is 11.8 Å². The van der Waals surface area contributed by atoms with E-state index in [0.29, 0.717) is 4.34 Å². The Labute approximate surface area is 161 Å². The maximum Gasteiger partial charge on any atom is 0.414 e. The van der Waals surface area contributed by atoms with Crippen molar-refractivity contribution in [1.29, 1.82) is 0 Å². The van der Waals surface area contributed by atoms with Gasteiger partial charge in [0.2, 0.25) is 0 Å². The molecule has 0 saturated carbocycles. The second-order valence-electron chi connectivity index (χ2n) is 4.97. The highest BCUT2D eigenvalue weighted by Crippen LogP contribution is 2.39.